The first kappa shape index (κ1) is 33.1. The highest BCUT2D eigenvalue weighted by molar-refractivity contribution is 7.98. The van der Waals surface area contributed by atoms with Gasteiger partial charge in [0.1, 0.15) is 18.1 Å². The van der Waals surface area contributed by atoms with Crippen molar-refractivity contribution >= 4 is 47.3 Å². The van der Waals surface area contributed by atoms with Crippen molar-refractivity contribution in [3.63, 3.8) is 0 Å². The molecule has 0 heterocycles. The minimum absolute atomic E-state index is 0.105. The fraction of sp³-hybridized carbons (Fsp3) is 0.714. The predicted octanol–water partition coefficient (Wildman–Crippen LogP) is -2.37. The molecular formula is C21H37N5O9S. The molecule has 15 heteroatoms. The quantitative estimate of drug-likeness (QED) is 0.0922. The van der Waals surface area contributed by atoms with Gasteiger partial charge < -0.3 is 42.3 Å². The Kier molecular flexibility index (Phi) is 16.1. The van der Waals surface area contributed by atoms with Gasteiger partial charge in [0.25, 0.3) is 0 Å². The first-order valence-electron chi connectivity index (χ1n) is 11.3. The van der Waals surface area contributed by atoms with Crippen LogP contribution >= 0.6 is 11.8 Å². The number of amides is 4. The standard InChI is InChI=1S/C21H37N5O9S/c1-11(2)8-12(22)18(31)25-13(4-5-17(29)30)19(32)23-9-16(28)24-15(10-27)20(33)26-14(21(34)35)6-7-36-3/h11-15,27H,4-10,22H2,1-3H3,(H,23,32)(H,24,28)(H,25,31)(H,26,33)(H,29,30)(H,34,35). The van der Waals surface area contributed by atoms with Gasteiger partial charge in [0.05, 0.1) is 19.2 Å². The number of carboxylic acid groups (broad SMARTS) is 2. The molecule has 14 nitrogen and oxygen atoms in total. The molecule has 0 rings (SSSR count). The van der Waals surface area contributed by atoms with Crippen molar-refractivity contribution in [1.29, 1.82) is 0 Å². The lowest BCUT2D eigenvalue weighted by Gasteiger charge is -2.22. The van der Waals surface area contributed by atoms with Crippen LogP contribution in [0.2, 0.25) is 0 Å². The molecule has 4 atom stereocenters. The number of nitrogens with two attached hydrogens (primary N) is 1. The molecule has 4 amide bonds. The van der Waals surface area contributed by atoms with E-state index in [9.17, 15) is 39.0 Å². The Hall–Kier alpha value is -2.91. The topological polar surface area (TPSA) is 237 Å². The van der Waals surface area contributed by atoms with E-state index in [0.717, 1.165) is 0 Å². The normalized spacial score (nSPS) is 14.2. The summed E-state index contributed by atoms with van der Waals surface area (Å²) in [6, 6.07) is -4.87. The first-order chi connectivity index (χ1) is 16.8. The summed E-state index contributed by atoms with van der Waals surface area (Å²) >= 11 is 1.38. The van der Waals surface area contributed by atoms with Crippen LogP contribution in [-0.4, -0.2) is 100 Å². The number of nitrogens with one attached hydrogen (secondary N) is 4. The number of rotatable bonds is 18. The summed E-state index contributed by atoms with van der Waals surface area (Å²) in [6.07, 6.45) is 1.56. The summed E-state index contributed by atoms with van der Waals surface area (Å²) in [5.74, 6) is -5.19. The molecular weight excluding hydrogens is 498 g/mol. The number of aliphatic hydroxyl groups is 1. The Bertz CT molecular complexity index is 781. The SMILES string of the molecule is CSCCC(NC(=O)C(CO)NC(=O)CNC(=O)C(CCC(=O)O)NC(=O)C(N)CC(C)C)C(=O)O. The number of aliphatic carboxylic acids is 2. The average molecular weight is 536 g/mol. The fourth-order valence-electron chi connectivity index (χ4n) is 2.93. The minimum Gasteiger partial charge on any atom is -0.481 e. The van der Waals surface area contributed by atoms with Crippen molar-refractivity contribution in [3.8, 4) is 0 Å². The van der Waals surface area contributed by atoms with Crippen LogP contribution in [0, 0.1) is 5.92 Å². The van der Waals surface area contributed by atoms with Crippen LogP contribution in [0.25, 0.3) is 0 Å². The van der Waals surface area contributed by atoms with Crippen molar-refractivity contribution in [2.45, 2.75) is 63.7 Å². The van der Waals surface area contributed by atoms with Gasteiger partial charge in [0.15, 0.2) is 0 Å². The van der Waals surface area contributed by atoms with Gasteiger partial charge in [-0.3, -0.25) is 24.0 Å². The van der Waals surface area contributed by atoms with E-state index in [1.807, 2.05) is 13.8 Å². The Morgan fingerprint density at radius 1 is 0.861 bits per heavy atom. The second-order valence-corrected chi connectivity index (χ2v) is 9.42. The van der Waals surface area contributed by atoms with Gasteiger partial charge in [0.2, 0.25) is 23.6 Å². The summed E-state index contributed by atoms with van der Waals surface area (Å²) in [7, 11) is 0. The maximum Gasteiger partial charge on any atom is 0.326 e. The molecule has 0 bridgehead atoms. The molecule has 0 aliphatic heterocycles. The largest absolute Gasteiger partial charge is 0.481 e. The van der Waals surface area contributed by atoms with E-state index in [0.29, 0.717) is 12.2 Å². The summed E-state index contributed by atoms with van der Waals surface area (Å²) in [4.78, 5) is 71.5. The number of carbonyl (C=O) groups excluding carboxylic acids is 4. The van der Waals surface area contributed by atoms with Gasteiger partial charge in [-0.25, -0.2) is 4.79 Å². The maximum absolute atomic E-state index is 12.5. The van der Waals surface area contributed by atoms with E-state index in [4.69, 9.17) is 10.8 Å². The van der Waals surface area contributed by atoms with E-state index < -0.39 is 79.3 Å². The molecule has 0 fully saturated rings. The van der Waals surface area contributed by atoms with Crippen molar-refractivity contribution < 1.29 is 44.1 Å². The number of hydrogen-bond acceptors (Lipinski definition) is 9. The Labute approximate surface area is 213 Å². The van der Waals surface area contributed by atoms with Crippen LogP contribution in [0.3, 0.4) is 0 Å². The molecule has 0 saturated heterocycles. The monoisotopic (exact) mass is 535 g/mol. The van der Waals surface area contributed by atoms with Crippen molar-refractivity contribution in [2.24, 2.45) is 11.7 Å². The summed E-state index contributed by atoms with van der Waals surface area (Å²) in [6.45, 7) is 2.22. The number of hydrogen-bond donors (Lipinski definition) is 8. The van der Waals surface area contributed by atoms with E-state index in [-0.39, 0.29) is 18.8 Å². The molecule has 36 heavy (non-hydrogen) atoms. The highest BCUT2D eigenvalue weighted by atomic mass is 32.2. The van der Waals surface area contributed by atoms with Gasteiger partial charge in [-0.15, -0.1) is 0 Å². The van der Waals surface area contributed by atoms with Crippen LogP contribution in [-0.2, 0) is 28.8 Å². The zero-order valence-corrected chi connectivity index (χ0v) is 21.4. The Morgan fingerprint density at radius 2 is 1.47 bits per heavy atom. The lowest BCUT2D eigenvalue weighted by Crippen LogP contribution is -2.56. The lowest BCUT2D eigenvalue weighted by atomic mass is 10.0. The third kappa shape index (κ3) is 13.8. The van der Waals surface area contributed by atoms with Gasteiger partial charge in [-0.2, -0.15) is 11.8 Å². The summed E-state index contributed by atoms with van der Waals surface area (Å²) in [5.41, 5.74) is 5.80. The first-order valence-corrected chi connectivity index (χ1v) is 12.7. The zero-order valence-electron chi connectivity index (χ0n) is 20.6. The highest BCUT2D eigenvalue weighted by Gasteiger charge is 2.28. The van der Waals surface area contributed by atoms with Crippen LogP contribution < -0.4 is 27.0 Å². The summed E-state index contributed by atoms with van der Waals surface area (Å²) < 4.78 is 0. The van der Waals surface area contributed by atoms with Gasteiger partial charge in [-0.1, -0.05) is 13.8 Å². The summed E-state index contributed by atoms with van der Waals surface area (Å²) in [5, 5.41) is 36.6. The number of thioether (sulfide) groups is 1. The van der Waals surface area contributed by atoms with Gasteiger partial charge in [0, 0.05) is 6.42 Å². The lowest BCUT2D eigenvalue weighted by molar-refractivity contribution is -0.142. The van der Waals surface area contributed by atoms with Crippen LogP contribution in [0.1, 0.15) is 39.5 Å². The maximum atomic E-state index is 12.5. The van der Waals surface area contributed by atoms with E-state index in [1.165, 1.54) is 11.8 Å². The van der Waals surface area contributed by atoms with Crippen molar-refractivity contribution in [3.05, 3.63) is 0 Å². The number of carbonyl (C=O) groups is 6. The number of carboxylic acids is 2. The molecule has 4 unspecified atom stereocenters. The van der Waals surface area contributed by atoms with Gasteiger partial charge in [-0.05, 0) is 37.2 Å². The smallest absolute Gasteiger partial charge is 0.326 e. The van der Waals surface area contributed by atoms with Crippen molar-refractivity contribution in [2.75, 3.05) is 25.2 Å². The predicted molar refractivity (Wildman–Crippen MR) is 131 cm³/mol. The third-order valence-electron chi connectivity index (χ3n) is 4.82. The molecule has 0 aliphatic rings. The second kappa shape index (κ2) is 17.5. The molecule has 0 aromatic heterocycles. The highest BCUT2D eigenvalue weighted by Crippen LogP contribution is 2.05. The molecule has 0 aromatic carbocycles. The molecule has 206 valence electrons. The van der Waals surface area contributed by atoms with Crippen LogP contribution in [0.15, 0.2) is 0 Å². The molecule has 0 saturated carbocycles. The molecule has 0 aromatic rings. The molecule has 0 radical (unpaired) electrons. The van der Waals surface area contributed by atoms with E-state index >= 15 is 0 Å². The third-order valence-corrected chi connectivity index (χ3v) is 5.47. The van der Waals surface area contributed by atoms with E-state index in [2.05, 4.69) is 21.3 Å². The molecule has 0 aliphatic carbocycles. The average Bonchev–Trinajstić information content (AvgIpc) is 2.79. The minimum atomic E-state index is -1.47. The van der Waals surface area contributed by atoms with Gasteiger partial charge >= 0.3 is 11.9 Å². The van der Waals surface area contributed by atoms with Crippen molar-refractivity contribution in [1.82, 2.24) is 21.3 Å². The Balaban J connectivity index is 5.02. The molecule has 9 N–H and O–H groups in total. The Morgan fingerprint density at radius 3 is 1.97 bits per heavy atom. The fourth-order valence-corrected chi connectivity index (χ4v) is 3.40. The second-order valence-electron chi connectivity index (χ2n) is 8.43. The van der Waals surface area contributed by atoms with E-state index in [1.54, 1.807) is 6.26 Å². The number of aliphatic hydroxyl groups excluding tert-OH is 1. The molecule has 0 spiro atoms. The van der Waals surface area contributed by atoms with Crippen LogP contribution in [0.4, 0.5) is 0 Å². The zero-order chi connectivity index (χ0) is 27.8. The van der Waals surface area contributed by atoms with Crippen LogP contribution in [0.5, 0.6) is 0 Å².